The lowest BCUT2D eigenvalue weighted by molar-refractivity contribution is 0.468. The molecule has 0 aliphatic heterocycles. The van der Waals surface area contributed by atoms with Crippen LogP contribution in [0.3, 0.4) is 0 Å². The summed E-state index contributed by atoms with van der Waals surface area (Å²) in [5, 5.41) is 0. The first-order valence-corrected chi connectivity index (χ1v) is 6.05. The summed E-state index contributed by atoms with van der Waals surface area (Å²) in [5.41, 5.74) is 1.51. The fraction of sp³-hybridized carbons (Fsp3) is 0.455. The lowest BCUT2D eigenvalue weighted by atomic mass is 10.1. The van der Waals surface area contributed by atoms with E-state index in [2.05, 4.69) is 25.9 Å². The van der Waals surface area contributed by atoms with E-state index in [0.717, 1.165) is 16.0 Å². The van der Waals surface area contributed by atoms with Crippen molar-refractivity contribution in [3.8, 4) is 0 Å². The number of fused-ring (bicyclic) bond motifs is 1. The van der Waals surface area contributed by atoms with Gasteiger partial charge in [0, 0.05) is 5.92 Å². The zero-order valence-corrected chi connectivity index (χ0v) is 9.83. The van der Waals surface area contributed by atoms with E-state index in [0.29, 0.717) is 11.6 Å². The number of pyridine rings is 1. The van der Waals surface area contributed by atoms with Crippen molar-refractivity contribution in [1.29, 1.82) is 0 Å². The van der Waals surface area contributed by atoms with E-state index < -0.39 is 0 Å². The molecule has 0 N–H and O–H groups in total. The second-order valence-corrected chi connectivity index (χ2v) is 4.80. The molecule has 0 spiro atoms. The van der Waals surface area contributed by atoms with Crippen molar-refractivity contribution in [3.05, 3.63) is 22.6 Å². The summed E-state index contributed by atoms with van der Waals surface area (Å²) in [6.07, 6.45) is 4.99. The van der Waals surface area contributed by atoms with Gasteiger partial charge in [-0.3, -0.25) is 0 Å². The number of halogens is 1. The highest BCUT2D eigenvalue weighted by Gasteiger charge is 2.22. The zero-order valence-electron chi connectivity index (χ0n) is 8.24. The van der Waals surface area contributed by atoms with Crippen LogP contribution >= 0.6 is 15.9 Å². The van der Waals surface area contributed by atoms with Gasteiger partial charge in [-0.15, -0.1) is 0 Å². The highest BCUT2D eigenvalue weighted by molar-refractivity contribution is 9.10. The number of nitrogens with zero attached hydrogens (tertiary/aromatic N) is 2. The van der Waals surface area contributed by atoms with Gasteiger partial charge in [-0.25, -0.2) is 9.97 Å². The predicted molar refractivity (Wildman–Crippen MR) is 60.7 cm³/mol. The van der Waals surface area contributed by atoms with Crippen LogP contribution in [0.4, 0.5) is 0 Å². The highest BCUT2D eigenvalue weighted by Crippen LogP contribution is 2.34. The van der Waals surface area contributed by atoms with Crippen molar-refractivity contribution >= 4 is 27.2 Å². The normalized spacial score (nSPS) is 17.7. The summed E-state index contributed by atoms with van der Waals surface area (Å²) >= 11 is 3.33. The molecule has 1 saturated carbocycles. The average molecular weight is 267 g/mol. The summed E-state index contributed by atoms with van der Waals surface area (Å²) in [6.45, 7) is 0. The molecule has 2 aromatic heterocycles. The van der Waals surface area contributed by atoms with Crippen molar-refractivity contribution in [2.45, 2.75) is 31.6 Å². The van der Waals surface area contributed by atoms with Crippen LogP contribution in [0, 0.1) is 0 Å². The van der Waals surface area contributed by atoms with Crippen LogP contribution in [0.1, 0.15) is 37.5 Å². The maximum Gasteiger partial charge on any atom is 0.248 e. The molecule has 4 heteroatoms. The minimum absolute atomic E-state index is 0.512. The average Bonchev–Trinajstić information content (AvgIpc) is 2.84. The Bertz CT molecular complexity index is 488. The third kappa shape index (κ3) is 1.67. The van der Waals surface area contributed by atoms with Crippen molar-refractivity contribution in [1.82, 2.24) is 9.97 Å². The fourth-order valence-electron chi connectivity index (χ4n) is 2.16. The number of oxazole rings is 1. The predicted octanol–water partition coefficient (Wildman–Crippen LogP) is 3.64. The first kappa shape index (κ1) is 9.33. The molecule has 1 fully saturated rings. The number of aromatic nitrogens is 2. The Kier molecular flexibility index (Phi) is 2.24. The first-order chi connectivity index (χ1) is 7.33. The smallest absolute Gasteiger partial charge is 0.248 e. The summed E-state index contributed by atoms with van der Waals surface area (Å²) in [4.78, 5) is 8.74. The Morgan fingerprint density at radius 3 is 2.80 bits per heavy atom. The van der Waals surface area contributed by atoms with E-state index >= 15 is 0 Å². The molecule has 0 radical (unpaired) electrons. The zero-order chi connectivity index (χ0) is 10.3. The molecule has 1 aliphatic rings. The van der Waals surface area contributed by atoms with E-state index in [4.69, 9.17) is 4.42 Å². The van der Waals surface area contributed by atoms with Crippen LogP contribution in [0.25, 0.3) is 11.2 Å². The molecule has 0 atom stereocenters. The van der Waals surface area contributed by atoms with Gasteiger partial charge in [-0.2, -0.15) is 0 Å². The lowest BCUT2D eigenvalue weighted by Gasteiger charge is -2.00. The van der Waals surface area contributed by atoms with Crippen molar-refractivity contribution in [3.63, 3.8) is 0 Å². The first-order valence-electron chi connectivity index (χ1n) is 5.26. The molecule has 1 aliphatic carbocycles. The van der Waals surface area contributed by atoms with E-state index in [9.17, 15) is 0 Å². The van der Waals surface area contributed by atoms with Crippen LogP contribution in [-0.2, 0) is 0 Å². The summed E-state index contributed by atoms with van der Waals surface area (Å²) in [6, 6.07) is 3.83. The molecule has 15 heavy (non-hydrogen) atoms. The van der Waals surface area contributed by atoms with Gasteiger partial charge in [0.25, 0.3) is 0 Å². The largest absolute Gasteiger partial charge is 0.422 e. The van der Waals surface area contributed by atoms with Crippen LogP contribution < -0.4 is 0 Å². The Morgan fingerprint density at radius 2 is 2.00 bits per heavy atom. The van der Waals surface area contributed by atoms with Crippen molar-refractivity contribution < 1.29 is 4.42 Å². The topological polar surface area (TPSA) is 38.9 Å². The van der Waals surface area contributed by atoms with E-state index in [1.54, 1.807) is 0 Å². The molecule has 78 valence electrons. The monoisotopic (exact) mass is 266 g/mol. The van der Waals surface area contributed by atoms with E-state index in [1.165, 1.54) is 25.7 Å². The molecule has 0 saturated heterocycles. The Labute approximate surface area is 96.0 Å². The minimum Gasteiger partial charge on any atom is -0.422 e. The molecule has 2 heterocycles. The van der Waals surface area contributed by atoms with Crippen LogP contribution in [0.2, 0.25) is 0 Å². The lowest BCUT2D eigenvalue weighted by Crippen LogP contribution is -1.90. The van der Waals surface area contributed by atoms with Gasteiger partial charge >= 0.3 is 0 Å². The van der Waals surface area contributed by atoms with Gasteiger partial charge < -0.3 is 4.42 Å². The molecular weight excluding hydrogens is 256 g/mol. The molecule has 3 nitrogen and oxygen atoms in total. The molecule has 0 aromatic carbocycles. The van der Waals surface area contributed by atoms with Crippen LogP contribution in [0.15, 0.2) is 21.2 Å². The summed E-state index contributed by atoms with van der Waals surface area (Å²) in [7, 11) is 0. The third-order valence-electron chi connectivity index (χ3n) is 2.94. The maximum absolute atomic E-state index is 5.68. The summed E-state index contributed by atoms with van der Waals surface area (Å²) in [5.74, 6) is 1.38. The second kappa shape index (κ2) is 3.59. The van der Waals surface area contributed by atoms with Crippen LogP contribution in [0.5, 0.6) is 0 Å². The van der Waals surface area contributed by atoms with Gasteiger partial charge in [-0.05, 0) is 40.9 Å². The van der Waals surface area contributed by atoms with Gasteiger partial charge in [-0.1, -0.05) is 12.8 Å². The molecular formula is C11H11BrN2O. The quantitative estimate of drug-likeness (QED) is 0.740. The van der Waals surface area contributed by atoms with Crippen LogP contribution in [-0.4, -0.2) is 9.97 Å². The molecule has 2 aromatic rings. The maximum atomic E-state index is 5.68. The SMILES string of the molecule is Brc1ccc2nc(C3CCCC3)oc2n1. The van der Waals surface area contributed by atoms with E-state index in [-0.39, 0.29) is 0 Å². The fourth-order valence-corrected chi connectivity index (χ4v) is 2.45. The number of rotatable bonds is 1. The Balaban J connectivity index is 2.05. The second-order valence-electron chi connectivity index (χ2n) is 3.99. The Hall–Kier alpha value is -0.900. The third-order valence-corrected chi connectivity index (χ3v) is 3.38. The highest BCUT2D eigenvalue weighted by atomic mass is 79.9. The van der Waals surface area contributed by atoms with Gasteiger partial charge in [0.1, 0.15) is 10.1 Å². The van der Waals surface area contributed by atoms with Gasteiger partial charge in [0.15, 0.2) is 0 Å². The van der Waals surface area contributed by atoms with Crippen molar-refractivity contribution in [2.75, 3.05) is 0 Å². The van der Waals surface area contributed by atoms with Crippen molar-refractivity contribution in [2.24, 2.45) is 0 Å². The number of hydrogen-bond acceptors (Lipinski definition) is 3. The summed E-state index contributed by atoms with van der Waals surface area (Å²) < 4.78 is 6.48. The minimum atomic E-state index is 0.512. The standard InChI is InChI=1S/C11H11BrN2O/c12-9-6-5-8-11(14-9)15-10(13-8)7-3-1-2-4-7/h5-7H,1-4H2. The van der Waals surface area contributed by atoms with Gasteiger partial charge in [0.2, 0.25) is 11.6 Å². The number of hydrogen-bond donors (Lipinski definition) is 0. The molecule has 0 unspecified atom stereocenters. The van der Waals surface area contributed by atoms with Gasteiger partial charge in [0.05, 0.1) is 0 Å². The molecule has 0 amide bonds. The molecule has 0 bridgehead atoms. The van der Waals surface area contributed by atoms with E-state index in [1.807, 2.05) is 12.1 Å². The Morgan fingerprint density at radius 1 is 1.20 bits per heavy atom. The molecule has 3 rings (SSSR count).